The average molecular weight is 482 g/mol. The number of hydrogen-bond donors (Lipinski definition) is 2. The second-order valence-corrected chi connectivity index (χ2v) is 13.3. The van der Waals surface area contributed by atoms with Gasteiger partial charge in [-0.25, -0.2) is 0 Å². The number of likely N-dealkylation sites (tertiary alicyclic amines) is 1. The summed E-state index contributed by atoms with van der Waals surface area (Å²) in [6.07, 6.45) is 7.61. The molecule has 3 fully saturated rings. The molecule has 34 heavy (non-hydrogen) atoms. The molecule has 3 atom stereocenters. The van der Waals surface area contributed by atoms with E-state index in [1.165, 1.54) is 29.7 Å². The van der Waals surface area contributed by atoms with Gasteiger partial charge in [0.05, 0.1) is 17.3 Å². The third kappa shape index (κ3) is 3.03. The molecule has 1 saturated carbocycles. The number of phenols is 1. The summed E-state index contributed by atoms with van der Waals surface area (Å²) in [6.45, 7) is 4.20. The number of aromatic nitrogens is 2. The van der Waals surface area contributed by atoms with E-state index >= 15 is 0 Å². The molecule has 2 saturated heterocycles. The Balaban J connectivity index is 1.36. The van der Waals surface area contributed by atoms with Gasteiger partial charge in [0, 0.05) is 49.4 Å². The van der Waals surface area contributed by atoms with Crippen molar-refractivity contribution >= 4 is 11.2 Å². The van der Waals surface area contributed by atoms with Crippen LogP contribution in [0.5, 0.6) is 5.75 Å². The standard InChI is InChI=1S/C27H35N3O3S/c1-17-22-14-27(32)25-12-19-4-5-21(31)13-23(19)26(27,8-9-29(25)16-18-2-3-18)15-24(22)30(28-17)20-6-10-34(33)11-7-20/h4-5,13,18,20,25,31-32H,2-3,6-12,14-16H2,1H3/t20-,25-,26-,27-,34+/m1/s1. The molecule has 0 spiro atoms. The van der Waals surface area contributed by atoms with Gasteiger partial charge in [0.2, 0.25) is 0 Å². The first kappa shape index (κ1) is 21.7. The zero-order chi connectivity index (χ0) is 23.2. The first-order chi connectivity index (χ1) is 16.4. The second-order valence-electron chi connectivity index (χ2n) is 11.6. The lowest BCUT2D eigenvalue weighted by Gasteiger charge is -2.63. The number of rotatable bonds is 3. The first-order valence-corrected chi connectivity index (χ1v) is 14.6. The maximum atomic E-state index is 12.7. The zero-order valence-corrected chi connectivity index (χ0v) is 20.8. The van der Waals surface area contributed by atoms with Crippen LogP contribution in [0.25, 0.3) is 0 Å². The van der Waals surface area contributed by atoms with Crippen molar-refractivity contribution in [2.24, 2.45) is 5.92 Å². The fourth-order valence-corrected chi connectivity index (χ4v) is 9.07. The Morgan fingerprint density at radius 1 is 1.18 bits per heavy atom. The van der Waals surface area contributed by atoms with E-state index in [2.05, 4.69) is 22.6 Å². The highest BCUT2D eigenvalue weighted by molar-refractivity contribution is 7.91. The maximum absolute atomic E-state index is 12.7. The van der Waals surface area contributed by atoms with Crippen molar-refractivity contribution in [3.8, 4) is 5.75 Å². The lowest BCUT2D eigenvalue weighted by atomic mass is 9.49. The molecule has 2 N–H and O–H groups in total. The minimum Gasteiger partial charge on any atom is -0.616 e. The third-order valence-electron chi connectivity index (χ3n) is 9.80. The number of hydrogen-bond acceptors (Lipinski definition) is 5. The number of aromatic hydroxyl groups is 1. The lowest BCUT2D eigenvalue weighted by molar-refractivity contribution is -0.152. The molecule has 3 heterocycles. The predicted octanol–water partition coefficient (Wildman–Crippen LogP) is 2.79. The lowest BCUT2D eigenvalue weighted by Crippen LogP contribution is -2.74. The van der Waals surface area contributed by atoms with Crippen LogP contribution < -0.4 is 0 Å². The molecule has 1 aromatic carbocycles. The molecular weight excluding hydrogens is 446 g/mol. The van der Waals surface area contributed by atoms with Crippen LogP contribution in [0.4, 0.5) is 0 Å². The molecule has 1 aromatic heterocycles. The fraction of sp³-hybridized carbons (Fsp3) is 0.667. The zero-order valence-electron chi connectivity index (χ0n) is 20.0. The van der Waals surface area contributed by atoms with E-state index in [9.17, 15) is 14.8 Å². The predicted molar refractivity (Wildman–Crippen MR) is 132 cm³/mol. The van der Waals surface area contributed by atoms with Gasteiger partial charge < -0.3 is 14.8 Å². The molecular formula is C27H35N3O3S. The van der Waals surface area contributed by atoms with Gasteiger partial charge in [-0.1, -0.05) is 17.2 Å². The summed E-state index contributed by atoms with van der Waals surface area (Å²) < 4.78 is 14.3. The molecule has 2 aliphatic heterocycles. The highest BCUT2D eigenvalue weighted by Crippen LogP contribution is 2.58. The van der Waals surface area contributed by atoms with E-state index in [0.717, 1.165) is 73.9 Å². The smallest absolute Gasteiger partial charge is 0.115 e. The van der Waals surface area contributed by atoms with E-state index in [1.807, 2.05) is 12.1 Å². The Kier molecular flexibility index (Phi) is 4.78. The van der Waals surface area contributed by atoms with Crippen molar-refractivity contribution in [1.29, 1.82) is 0 Å². The highest BCUT2D eigenvalue weighted by atomic mass is 32.2. The van der Waals surface area contributed by atoms with Crippen molar-refractivity contribution in [3.63, 3.8) is 0 Å². The van der Waals surface area contributed by atoms with Crippen molar-refractivity contribution < 1.29 is 14.8 Å². The topological polar surface area (TPSA) is 84.6 Å². The van der Waals surface area contributed by atoms with Gasteiger partial charge in [-0.15, -0.1) is 0 Å². The summed E-state index contributed by atoms with van der Waals surface area (Å²) >= 11 is -0.699. The van der Waals surface area contributed by atoms with Crippen LogP contribution in [0.3, 0.4) is 0 Å². The summed E-state index contributed by atoms with van der Waals surface area (Å²) in [5.41, 5.74) is 4.71. The van der Waals surface area contributed by atoms with Crippen molar-refractivity contribution in [2.75, 3.05) is 24.6 Å². The van der Waals surface area contributed by atoms with Crippen molar-refractivity contribution in [1.82, 2.24) is 14.7 Å². The fourth-order valence-electron chi connectivity index (χ4n) is 7.79. The molecule has 0 radical (unpaired) electrons. The maximum Gasteiger partial charge on any atom is 0.115 e. The molecule has 182 valence electrons. The van der Waals surface area contributed by atoms with Gasteiger partial charge in [0.1, 0.15) is 17.3 Å². The largest absolute Gasteiger partial charge is 0.616 e. The highest BCUT2D eigenvalue weighted by Gasteiger charge is 2.65. The van der Waals surface area contributed by atoms with Crippen LogP contribution in [0.15, 0.2) is 18.2 Å². The second kappa shape index (κ2) is 7.48. The van der Waals surface area contributed by atoms with E-state index in [4.69, 9.17) is 5.10 Å². The normalized spacial score (nSPS) is 37.1. The summed E-state index contributed by atoms with van der Waals surface area (Å²) in [5.74, 6) is 2.59. The quantitative estimate of drug-likeness (QED) is 0.659. The molecule has 6 nitrogen and oxygen atoms in total. The van der Waals surface area contributed by atoms with E-state index in [0.29, 0.717) is 18.2 Å². The molecule has 7 heteroatoms. The van der Waals surface area contributed by atoms with Crippen LogP contribution in [-0.2, 0) is 35.9 Å². The van der Waals surface area contributed by atoms with Crippen LogP contribution in [0.2, 0.25) is 0 Å². The number of aliphatic hydroxyl groups is 1. The van der Waals surface area contributed by atoms with Crippen LogP contribution in [0.1, 0.15) is 66.2 Å². The van der Waals surface area contributed by atoms with Crippen LogP contribution >= 0.6 is 0 Å². The van der Waals surface area contributed by atoms with Gasteiger partial charge in [-0.3, -0.25) is 9.58 Å². The number of phenolic OH excluding ortho intramolecular Hbond substituents is 1. The molecule has 0 amide bonds. The SMILES string of the molecule is Cc1nn([C@H]2CC[S@@+]([O-])CC2)c2c1C[C@@]1(O)[C@H]3Cc4ccc(O)cc4[C@@]1(CCN3CC1CC1)C2. The van der Waals surface area contributed by atoms with Gasteiger partial charge in [-0.05, 0) is 73.9 Å². The van der Waals surface area contributed by atoms with E-state index in [-0.39, 0.29) is 6.04 Å². The van der Waals surface area contributed by atoms with Crippen molar-refractivity contribution in [2.45, 2.75) is 81.4 Å². The Hall–Kier alpha value is -1.54. The van der Waals surface area contributed by atoms with Gasteiger partial charge in [0.25, 0.3) is 0 Å². The molecule has 7 rings (SSSR count). The van der Waals surface area contributed by atoms with Crippen molar-refractivity contribution in [3.05, 3.63) is 46.3 Å². The van der Waals surface area contributed by atoms with Gasteiger partial charge >= 0.3 is 0 Å². The summed E-state index contributed by atoms with van der Waals surface area (Å²) in [5, 5.41) is 28.2. The number of benzene rings is 1. The van der Waals surface area contributed by atoms with Gasteiger partial charge in [0.15, 0.2) is 0 Å². The summed E-state index contributed by atoms with van der Waals surface area (Å²) in [4.78, 5) is 2.59. The number of aryl methyl sites for hydroxylation is 1. The Morgan fingerprint density at radius 3 is 2.74 bits per heavy atom. The minimum atomic E-state index is -0.860. The molecule has 5 aliphatic rings. The Bertz CT molecular complexity index is 1140. The molecule has 2 aromatic rings. The minimum absolute atomic E-state index is 0.104. The molecule has 3 aliphatic carbocycles. The number of nitrogens with zero attached hydrogens (tertiary/aromatic N) is 3. The third-order valence-corrected chi connectivity index (χ3v) is 11.2. The van der Waals surface area contributed by atoms with E-state index in [1.54, 1.807) is 0 Å². The van der Waals surface area contributed by atoms with Crippen LogP contribution in [0, 0.1) is 12.8 Å². The Labute approximate surface area is 204 Å². The van der Waals surface area contributed by atoms with Crippen LogP contribution in [-0.4, -0.2) is 65.7 Å². The molecule has 2 bridgehead atoms. The molecule has 0 unspecified atom stereocenters. The Morgan fingerprint density at radius 2 is 1.97 bits per heavy atom. The number of piperidine rings is 1. The summed E-state index contributed by atoms with van der Waals surface area (Å²) in [6, 6.07) is 6.24. The number of fused-ring (bicyclic) bond motifs is 2. The van der Waals surface area contributed by atoms with Gasteiger partial charge in [-0.2, -0.15) is 5.10 Å². The van der Waals surface area contributed by atoms with E-state index < -0.39 is 22.2 Å². The average Bonchev–Trinajstić information content (AvgIpc) is 3.58. The summed E-state index contributed by atoms with van der Waals surface area (Å²) in [7, 11) is 0. The monoisotopic (exact) mass is 481 g/mol. The first-order valence-electron chi connectivity index (χ1n) is 13.1.